The minimum atomic E-state index is 0.0475. The van der Waals surface area contributed by atoms with Gasteiger partial charge in [0.05, 0.1) is 0 Å². The van der Waals surface area contributed by atoms with Crippen LogP contribution in [0.25, 0.3) is 0 Å². The molecule has 2 aliphatic rings. The molecule has 2 atom stereocenters. The highest BCUT2D eigenvalue weighted by atomic mass is 32.1. The van der Waals surface area contributed by atoms with Gasteiger partial charge in [-0.25, -0.2) is 0 Å². The topological polar surface area (TPSA) is 26.0 Å². The summed E-state index contributed by atoms with van der Waals surface area (Å²) in [5.74, 6) is 0.762. The van der Waals surface area contributed by atoms with Crippen LogP contribution in [0.15, 0.2) is 11.4 Å². The zero-order valence-corrected chi connectivity index (χ0v) is 9.28. The molecule has 76 valence electrons. The average molecular weight is 207 g/mol. The molecule has 2 aliphatic carbocycles. The third-order valence-electron chi connectivity index (χ3n) is 4.09. The fraction of sp³-hybridized carbons (Fsp3) is 0.667. The molecule has 3 rings (SSSR count). The Bertz CT molecular complexity index is 344. The van der Waals surface area contributed by atoms with Crippen LogP contribution in [0.1, 0.15) is 42.5 Å². The molecule has 1 nitrogen and oxygen atoms in total. The van der Waals surface area contributed by atoms with Gasteiger partial charge < -0.3 is 5.73 Å². The van der Waals surface area contributed by atoms with E-state index >= 15 is 0 Å². The Labute approximate surface area is 89.3 Å². The summed E-state index contributed by atoms with van der Waals surface area (Å²) in [6, 6.07) is 2.28. The highest BCUT2D eigenvalue weighted by Crippen LogP contribution is 2.47. The van der Waals surface area contributed by atoms with Crippen LogP contribution in [0.3, 0.4) is 0 Å². The SMILES string of the molecule is N[C@@]12CCCC[C@@H]1CCc1sccc12. The Balaban J connectivity index is 2.07. The number of nitrogens with two attached hydrogens (primary N) is 1. The zero-order valence-electron chi connectivity index (χ0n) is 8.46. The largest absolute Gasteiger partial charge is 0.321 e. The molecule has 0 bridgehead atoms. The lowest BCUT2D eigenvalue weighted by Gasteiger charge is -2.44. The number of hydrogen-bond acceptors (Lipinski definition) is 2. The molecule has 1 aromatic rings. The summed E-state index contributed by atoms with van der Waals surface area (Å²) < 4.78 is 0. The first-order valence-electron chi connectivity index (χ1n) is 5.66. The standard InChI is InChI=1S/C12H17NS/c13-12-7-2-1-3-9(12)4-5-11-10(12)6-8-14-11/h6,8-9H,1-5,7,13H2/t9-,12+/m1/s1. The lowest BCUT2D eigenvalue weighted by atomic mass is 9.65. The van der Waals surface area contributed by atoms with Crippen molar-refractivity contribution < 1.29 is 0 Å². The van der Waals surface area contributed by atoms with E-state index < -0.39 is 0 Å². The van der Waals surface area contributed by atoms with Crippen molar-refractivity contribution in [3.05, 3.63) is 21.9 Å². The van der Waals surface area contributed by atoms with E-state index in [-0.39, 0.29) is 5.54 Å². The van der Waals surface area contributed by atoms with Gasteiger partial charge >= 0.3 is 0 Å². The van der Waals surface area contributed by atoms with E-state index in [4.69, 9.17) is 5.73 Å². The molecule has 14 heavy (non-hydrogen) atoms. The molecule has 0 saturated heterocycles. The van der Waals surface area contributed by atoms with E-state index in [0.29, 0.717) is 0 Å². The predicted octanol–water partition coefficient (Wildman–Crippen LogP) is 3.04. The minimum Gasteiger partial charge on any atom is -0.321 e. The monoisotopic (exact) mass is 207 g/mol. The van der Waals surface area contributed by atoms with Crippen molar-refractivity contribution in [2.24, 2.45) is 11.7 Å². The Morgan fingerprint density at radius 1 is 1.36 bits per heavy atom. The van der Waals surface area contributed by atoms with Crippen LogP contribution < -0.4 is 5.73 Å². The molecular weight excluding hydrogens is 190 g/mol. The molecule has 1 aromatic heterocycles. The molecule has 0 unspecified atom stereocenters. The first kappa shape index (κ1) is 8.93. The molecule has 1 saturated carbocycles. The molecule has 1 fully saturated rings. The van der Waals surface area contributed by atoms with Crippen LogP contribution in [0.2, 0.25) is 0 Å². The fourth-order valence-corrected chi connectivity index (χ4v) is 4.27. The van der Waals surface area contributed by atoms with Gasteiger partial charge in [-0.05, 0) is 48.6 Å². The van der Waals surface area contributed by atoms with Crippen LogP contribution in [0.5, 0.6) is 0 Å². The lowest BCUT2D eigenvalue weighted by Crippen LogP contribution is -2.48. The Kier molecular flexibility index (Phi) is 1.96. The molecule has 0 spiro atoms. The molecule has 0 aromatic carbocycles. The third kappa shape index (κ3) is 1.10. The first-order chi connectivity index (χ1) is 6.81. The number of rotatable bonds is 0. The summed E-state index contributed by atoms with van der Waals surface area (Å²) in [5.41, 5.74) is 8.16. The van der Waals surface area contributed by atoms with Crippen molar-refractivity contribution in [3.63, 3.8) is 0 Å². The highest BCUT2D eigenvalue weighted by Gasteiger charge is 2.42. The summed E-state index contributed by atoms with van der Waals surface area (Å²) in [6.45, 7) is 0. The van der Waals surface area contributed by atoms with Gasteiger partial charge in [-0.15, -0.1) is 11.3 Å². The average Bonchev–Trinajstić information content (AvgIpc) is 2.66. The second kappa shape index (κ2) is 3.07. The van der Waals surface area contributed by atoms with Gasteiger partial charge in [0.2, 0.25) is 0 Å². The highest BCUT2D eigenvalue weighted by molar-refractivity contribution is 7.10. The molecule has 1 heterocycles. The van der Waals surface area contributed by atoms with Gasteiger partial charge in [0, 0.05) is 10.4 Å². The van der Waals surface area contributed by atoms with Gasteiger partial charge in [-0.1, -0.05) is 12.8 Å². The van der Waals surface area contributed by atoms with Crippen molar-refractivity contribution in [3.8, 4) is 0 Å². The summed E-state index contributed by atoms with van der Waals surface area (Å²) in [4.78, 5) is 1.56. The van der Waals surface area contributed by atoms with Crippen molar-refractivity contribution >= 4 is 11.3 Å². The summed E-state index contributed by atoms with van der Waals surface area (Å²) in [7, 11) is 0. The van der Waals surface area contributed by atoms with E-state index in [1.54, 1.807) is 4.88 Å². The molecule has 2 heteroatoms. The van der Waals surface area contributed by atoms with Crippen molar-refractivity contribution in [1.82, 2.24) is 0 Å². The van der Waals surface area contributed by atoms with Gasteiger partial charge in [0.25, 0.3) is 0 Å². The Hall–Kier alpha value is -0.340. The van der Waals surface area contributed by atoms with Crippen LogP contribution in [-0.4, -0.2) is 0 Å². The first-order valence-corrected chi connectivity index (χ1v) is 6.54. The minimum absolute atomic E-state index is 0.0475. The quantitative estimate of drug-likeness (QED) is 0.695. The van der Waals surface area contributed by atoms with Crippen molar-refractivity contribution in [2.75, 3.05) is 0 Å². The van der Waals surface area contributed by atoms with E-state index in [2.05, 4.69) is 11.4 Å². The Morgan fingerprint density at radius 3 is 3.21 bits per heavy atom. The molecule has 0 aliphatic heterocycles. The van der Waals surface area contributed by atoms with Gasteiger partial charge in [-0.3, -0.25) is 0 Å². The number of fused-ring (bicyclic) bond motifs is 3. The maximum atomic E-state index is 6.63. The fourth-order valence-electron chi connectivity index (χ4n) is 3.28. The molecule has 2 N–H and O–H groups in total. The maximum Gasteiger partial charge on any atom is 0.0449 e. The smallest absolute Gasteiger partial charge is 0.0449 e. The van der Waals surface area contributed by atoms with Crippen LogP contribution in [0, 0.1) is 5.92 Å². The summed E-state index contributed by atoms with van der Waals surface area (Å²) >= 11 is 1.90. The number of thiophene rings is 1. The third-order valence-corrected chi connectivity index (χ3v) is 5.07. The second-order valence-corrected chi connectivity index (χ2v) is 5.78. The van der Waals surface area contributed by atoms with E-state index in [0.717, 1.165) is 5.92 Å². The zero-order chi connectivity index (χ0) is 9.60. The predicted molar refractivity (Wildman–Crippen MR) is 60.5 cm³/mol. The molecule has 0 amide bonds. The number of aryl methyl sites for hydroxylation is 1. The van der Waals surface area contributed by atoms with Gasteiger partial charge in [0.1, 0.15) is 0 Å². The lowest BCUT2D eigenvalue weighted by molar-refractivity contribution is 0.167. The van der Waals surface area contributed by atoms with E-state index in [1.165, 1.54) is 44.1 Å². The number of hydrogen-bond donors (Lipinski definition) is 1. The summed E-state index contributed by atoms with van der Waals surface area (Å²) in [5, 5.41) is 2.22. The van der Waals surface area contributed by atoms with Crippen molar-refractivity contribution in [2.45, 2.75) is 44.1 Å². The van der Waals surface area contributed by atoms with Crippen molar-refractivity contribution in [1.29, 1.82) is 0 Å². The summed E-state index contributed by atoms with van der Waals surface area (Å²) in [6.07, 6.45) is 7.87. The van der Waals surface area contributed by atoms with Gasteiger partial charge in [0.15, 0.2) is 0 Å². The van der Waals surface area contributed by atoms with E-state index in [9.17, 15) is 0 Å². The molecule has 0 radical (unpaired) electrons. The van der Waals surface area contributed by atoms with E-state index in [1.807, 2.05) is 11.3 Å². The van der Waals surface area contributed by atoms with Gasteiger partial charge in [-0.2, -0.15) is 0 Å². The second-order valence-electron chi connectivity index (χ2n) is 4.78. The normalized spacial score (nSPS) is 36.2. The van der Waals surface area contributed by atoms with Crippen LogP contribution >= 0.6 is 11.3 Å². The van der Waals surface area contributed by atoms with Crippen LogP contribution in [-0.2, 0) is 12.0 Å². The molecular formula is C12H17NS. The maximum absolute atomic E-state index is 6.63. The Morgan fingerprint density at radius 2 is 2.29 bits per heavy atom. The van der Waals surface area contributed by atoms with Crippen LogP contribution in [0.4, 0.5) is 0 Å².